The first-order valence-corrected chi connectivity index (χ1v) is 13.0. The maximum absolute atomic E-state index is 15.1. The summed E-state index contributed by atoms with van der Waals surface area (Å²) >= 11 is 0. The molecule has 37 heavy (non-hydrogen) atoms. The van der Waals surface area contributed by atoms with Crippen LogP contribution in [-0.2, 0) is 5.41 Å². The summed E-state index contributed by atoms with van der Waals surface area (Å²) in [6.07, 6.45) is -1.04. The lowest BCUT2D eigenvalue weighted by Crippen LogP contribution is -2.31. The molecule has 0 unspecified atom stereocenters. The average Bonchev–Trinajstić information content (AvgIpc) is 3.37. The molecule has 1 atom stereocenters. The van der Waals surface area contributed by atoms with E-state index in [0.29, 0.717) is 0 Å². The SMILES string of the molecule is Cc1cccc(-c2nc(-n3c(C(C)(C)[C@@H](C)F)cc4ccccc43)n(-c3c(C)cc(C)cc3C)c2C)c1. The number of halogens is 1. The molecule has 2 heterocycles. The number of imidazole rings is 1. The second kappa shape index (κ2) is 9.02. The zero-order valence-electron chi connectivity index (χ0n) is 23.1. The first-order valence-electron chi connectivity index (χ1n) is 13.0. The molecule has 0 radical (unpaired) electrons. The Kier molecular flexibility index (Phi) is 6.10. The Morgan fingerprint density at radius 1 is 0.784 bits per heavy atom. The summed E-state index contributed by atoms with van der Waals surface area (Å²) in [7, 11) is 0. The Bertz CT molecular complexity index is 1610. The summed E-state index contributed by atoms with van der Waals surface area (Å²) in [6.45, 7) is 16.3. The van der Waals surface area contributed by atoms with Gasteiger partial charge in [-0.1, -0.05) is 73.5 Å². The molecule has 0 N–H and O–H groups in total. The van der Waals surface area contributed by atoms with Crippen LogP contribution in [0.5, 0.6) is 0 Å². The predicted octanol–water partition coefficient (Wildman–Crippen LogP) is 8.66. The summed E-state index contributed by atoms with van der Waals surface area (Å²) in [4.78, 5) is 5.33. The molecule has 2 aromatic heterocycles. The van der Waals surface area contributed by atoms with Crippen molar-refractivity contribution >= 4 is 10.9 Å². The number of benzene rings is 3. The highest BCUT2D eigenvalue weighted by molar-refractivity contribution is 5.84. The van der Waals surface area contributed by atoms with E-state index in [0.717, 1.165) is 45.2 Å². The first kappa shape index (κ1) is 25.0. The maximum atomic E-state index is 15.1. The molecule has 0 aliphatic rings. The van der Waals surface area contributed by atoms with E-state index in [4.69, 9.17) is 4.98 Å². The molecular weight excluding hydrogens is 457 g/mol. The first-order chi connectivity index (χ1) is 17.5. The lowest BCUT2D eigenvalue weighted by Gasteiger charge is -2.28. The Balaban J connectivity index is 1.94. The summed E-state index contributed by atoms with van der Waals surface area (Å²) in [5.74, 6) is 0.786. The molecule has 190 valence electrons. The van der Waals surface area contributed by atoms with Gasteiger partial charge in [-0.15, -0.1) is 0 Å². The van der Waals surface area contributed by atoms with Crippen molar-refractivity contribution in [1.82, 2.24) is 14.1 Å². The minimum Gasteiger partial charge on any atom is -0.283 e. The molecule has 0 amide bonds. The van der Waals surface area contributed by atoms with Crippen molar-refractivity contribution in [2.45, 2.75) is 67.0 Å². The number of alkyl halides is 1. The number of aryl methyl sites for hydroxylation is 4. The van der Waals surface area contributed by atoms with E-state index in [1.165, 1.54) is 22.3 Å². The van der Waals surface area contributed by atoms with Crippen molar-refractivity contribution in [3.8, 4) is 22.9 Å². The molecular formula is C33H36FN3. The third kappa shape index (κ3) is 4.09. The van der Waals surface area contributed by atoms with Crippen molar-refractivity contribution in [3.05, 3.63) is 100 Å². The summed E-state index contributed by atoms with van der Waals surface area (Å²) in [5.41, 5.74) is 10.2. The normalized spacial score (nSPS) is 12.9. The highest BCUT2D eigenvalue weighted by atomic mass is 19.1. The van der Waals surface area contributed by atoms with Crippen molar-refractivity contribution in [2.75, 3.05) is 0 Å². The van der Waals surface area contributed by atoms with Crippen LogP contribution >= 0.6 is 0 Å². The highest BCUT2D eigenvalue weighted by Crippen LogP contribution is 2.39. The van der Waals surface area contributed by atoms with Gasteiger partial charge in [-0.3, -0.25) is 9.13 Å². The lowest BCUT2D eigenvalue weighted by atomic mass is 9.84. The summed E-state index contributed by atoms with van der Waals surface area (Å²) in [5, 5.41) is 1.08. The second-order valence-electron chi connectivity index (χ2n) is 11.1. The second-order valence-corrected chi connectivity index (χ2v) is 11.1. The summed E-state index contributed by atoms with van der Waals surface area (Å²) < 4.78 is 19.6. The fourth-order valence-electron chi connectivity index (χ4n) is 5.54. The molecule has 0 aliphatic carbocycles. The van der Waals surface area contributed by atoms with Crippen LogP contribution in [0.2, 0.25) is 0 Å². The fraction of sp³-hybridized carbons (Fsp3) is 0.303. The van der Waals surface area contributed by atoms with Crippen LogP contribution in [0.1, 0.15) is 54.4 Å². The molecule has 3 aromatic carbocycles. The smallest absolute Gasteiger partial charge is 0.220 e. The van der Waals surface area contributed by atoms with Crippen LogP contribution in [0.25, 0.3) is 33.8 Å². The van der Waals surface area contributed by atoms with Gasteiger partial charge in [-0.25, -0.2) is 9.37 Å². The number of hydrogen-bond donors (Lipinski definition) is 0. The van der Waals surface area contributed by atoms with E-state index in [2.05, 4.69) is 98.4 Å². The minimum atomic E-state index is -1.04. The van der Waals surface area contributed by atoms with Gasteiger partial charge >= 0.3 is 0 Å². The highest BCUT2D eigenvalue weighted by Gasteiger charge is 2.34. The van der Waals surface area contributed by atoms with Crippen molar-refractivity contribution in [2.24, 2.45) is 0 Å². The Hall–Kier alpha value is -3.66. The van der Waals surface area contributed by atoms with E-state index in [9.17, 15) is 0 Å². The van der Waals surface area contributed by atoms with Crippen LogP contribution in [0, 0.1) is 34.6 Å². The number of fused-ring (bicyclic) bond motifs is 1. The zero-order chi connectivity index (χ0) is 26.6. The molecule has 4 heteroatoms. The van der Waals surface area contributed by atoms with E-state index >= 15 is 4.39 Å². The fourth-order valence-corrected chi connectivity index (χ4v) is 5.54. The zero-order valence-corrected chi connectivity index (χ0v) is 23.1. The molecule has 0 saturated heterocycles. The predicted molar refractivity (Wildman–Crippen MR) is 153 cm³/mol. The van der Waals surface area contributed by atoms with Gasteiger partial charge in [0.2, 0.25) is 5.95 Å². The van der Waals surface area contributed by atoms with Crippen LogP contribution in [-0.4, -0.2) is 20.3 Å². The quantitative estimate of drug-likeness (QED) is 0.240. The molecule has 3 nitrogen and oxygen atoms in total. The minimum absolute atomic E-state index is 0.718. The van der Waals surface area contributed by atoms with Crippen molar-refractivity contribution in [3.63, 3.8) is 0 Å². The topological polar surface area (TPSA) is 22.8 Å². The largest absolute Gasteiger partial charge is 0.283 e. The third-order valence-corrected chi connectivity index (χ3v) is 7.81. The third-order valence-electron chi connectivity index (χ3n) is 7.81. The molecule has 0 spiro atoms. The monoisotopic (exact) mass is 493 g/mol. The van der Waals surface area contributed by atoms with Gasteiger partial charge in [0.15, 0.2) is 0 Å². The van der Waals surface area contributed by atoms with Crippen LogP contribution < -0.4 is 0 Å². The molecule has 0 fully saturated rings. The lowest BCUT2D eigenvalue weighted by molar-refractivity contribution is 0.230. The van der Waals surface area contributed by atoms with Crippen LogP contribution in [0.4, 0.5) is 4.39 Å². The number of para-hydroxylation sites is 1. The summed E-state index contributed by atoms with van der Waals surface area (Å²) in [6, 6.07) is 23.3. The van der Waals surface area contributed by atoms with Gasteiger partial charge in [0.25, 0.3) is 0 Å². The molecule has 5 rings (SSSR count). The van der Waals surface area contributed by atoms with Crippen LogP contribution in [0.3, 0.4) is 0 Å². The van der Waals surface area contributed by atoms with Gasteiger partial charge in [0, 0.05) is 27.8 Å². The number of rotatable bonds is 5. The van der Waals surface area contributed by atoms with Gasteiger partial charge < -0.3 is 0 Å². The van der Waals surface area contributed by atoms with Crippen molar-refractivity contribution < 1.29 is 4.39 Å². The molecule has 5 aromatic rings. The molecule has 0 aliphatic heterocycles. The van der Waals surface area contributed by atoms with Gasteiger partial charge in [-0.2, -0.15) is 0 Å². The van der Waals surface area contributed by atoms with Crippen LogP contribution in [0.15, 0.2) is 66.7 Å². The van der Waals surface area contributed by atoms with E-state index in [-0.39, 0.29) is 0 Å². The Morgan fingerprint density at radius 3 is 2.11 bits per heavy atom. The van der Waals surface area contributed by atoms with Crippen molar-refractivity contribution in [1.29, 1.82) is 0 Å². The van der Waals surface area contributed by atoms with E-state index < -0.39 is 11.6 Å². The molecule has 0 saturated carbocycles. The Labute approximate surface area is 219 Å². The van der Waals surface area contributed by atoms with Gasteiger partial charge in [-0.05, 0) is 70.9 Å². The molecule has 0 bridgehead atoms. The number of aromatic nitrogens is 3. The standard InChI is InChI=1S/C33H36FN3/c1-20-12-11-14-27(18-20)30-24(5)36(31-22(3)16-21(2)17-23(31)4)32(35-30)37-28-15-10-9-13-26(28)19-29(37)33(7,8)25(6)34/h9-19,25H,1-8H3/t25-/m1/s1. The maximum Gasteiger partial charge on any atom is 0.220 e. The van der Waals surface area contributed by atoms with Gasteiger partial charge in [0.05, 0.1) is 16.9 Å². The van der Waals surface area contributed by atoms with Gasteiger partial charge in [0.1, 0.15) is 6.17 Å². The average molecular weight is 494 g/mol. The number of hydrogen-bond acceptors (Lipinski definition) is 1. The Morgan fingerprint density at radius 2 is 1.46 bits per heavy atom. The number of nitrogens with zero attached hydrogens (tertiary/aromatic N) is 3. The van der Waals surface area contributed by atoms with E-state index in [1.54, 1.807) is 6.92 Å². The van der Waals surface area contributed by atoms with E-state index in [1.807, 2.05) is 26.0 Å².